The molecule has 0 saturated heterocycles. The van der Waals surface area contributed by atoms with Gasteiger partial charge in [0.15, 0.2) is 5.96 Å². The van der Waals surface area contributed by atoms with Gasteiger partial charge in [-0.05, 0) is 12.8 Å². The normalized spacial score (nSPS) is 12.3. The summed E-state index contributed by atoms with van der Waals surface area (Å²) in [6.45, 7) is 0.185. The molecule has 13 nitrogen and oxygen atoms in total. The number of rotatable bonds is 13. The number of nitrogens with one attached hydrogen (secondary N) is 2. The third-order valence-electron chi connectivity index (χ3n) is 3.17. The molecule has 27 heavy (non-hydrogen) atoms. The van der Waals surface area contributed by atoms with E-state index < -0.39 is 61.1 Å². The molecule has 0 aromatic heterocycles. The van der Waals surface area contributed by atoms with Crippen molar-refractivity contribution >= 4 is 35.7 Å². The number of amides is 2. The summed E-state index contributed by atoms with van der Waals surface area (Å²) in [4.78, 5) is 59.6. The molecular formula is C14H23N5O8. The number of carbonyl (C=O) groups excluding carboxylic acids is 2. The topological polar surface area (TPSA) is 234 Å². The molecule has 0 radical (unpaired) electrons. The molecular weight excluding hydrogens is 366 g/mol. The van der Waals surface area contributed by atoms with Gasteiger partial charge in [0, 0.05) is 19.4 Å². The van der Waals surface area contributed by atoms with Crippen LogP contribution in [0, 0.1) is 0 Å². The monoisotopic (exact) mass is 389 g/mol. The number of nitrogens with two attached hydrogens (primary N) is 2. The molecule has 0 aromatic carbocycles. The molecule has 0 rings (SSSR count). The van der Waals surface area contributed by atoms with Gasteiger partial charge in [-0.15, -0.1) is 0 Å². The molecule has 0 spiro atoms. The first kappa shape index (κ1) is 23.6. The Morgan fingerprint density at radius 1 is 0.852 bits per heavy atom. The summed E-state index contributed by atoms with van der Waals surface area (Å²) >= 11 is 0. The smallest absolute Gasteiger partial charge is 0.326 e. The van der Waals surface area contributed by atoms with Crippen molar-refractivity contribution in [3.63, 3.8) is 0 Å². The number of hydrogen-bond donors (Lipinski definition) is 7. The average Bonchev–Trinajstić information content (AvgIpc) is 2.54. The number of aliphatic carboxylic acids is 3. The maximum Gasteiger partial charge on any atom is 0.326 e. The molecule has 0 aliphatic carbocycles. The molecule has 2 unspecified atom stereocenters. The molecule has 0 aliphatic heterocycles. The van der Waals surface area contributed by atoms with Gasteiger partial charge in [0.2, 0.25) is 11.8 Å². The van der Waals surface area contributed by atoms with E-state index in [1.165, 1.54) is 0 Å². The number of carboxylic acid groups (broad SMARTS) is 3. The number of carbonyl (C=O) groups is 5. The summed E-state index contributed by atoms with van der Waals surface area (Å²) < 4.78 is 0. The van der Waals surface area contributed by atoms with Crippen molar-refractivity contribution < 1.29 is 39.3 Å². The Morgan fingerprint density at radius 2 is 1.33 bits per heavy atom. The molecule has 152 valence electrons. The standard InChI is InChI=1S/C14H23N5O8/c15-14(16)17-5-1-2-7(12(24)25)18-9(20)3-4-10(21)19-8(13(26)27)6-11(22)23/h7-8H,1-6H2,(H,18,20)(H,19,21)(H,22,23)(H,24,25)(H,26,27)(H4,15,16,17). The zero-order chi connectivity index (χ0) is 21.0. The Kier molecular flexibility index (Phi) is 10.5. The van der Waals surface area contributed by atoms with E-state index in [0.29, 0.717) is 6.42 Å². The highest BCUT2D eigenvalue weighted by atomic mass is 16.4. The molecule has 0 heterocycles. The minimum Gasteiger partial charge on any atom is -0.481 e. The van der Waals surface area contributed by atoms with E-state index in [0.717, 1.165) is 0 Å². The SMILES string of the molecule is NC(N)=NCCCC(NC(=O)CCC(=O)NC(CC(=O)O)C(=O)O)C(=O)O. The van der Waals surface area contributed by atoms with E-state index in [9.17, 15) is 24.0 Å². The van der Waals surface area contributed by atoms with Crippen LogP contribution in [0.3, 0.4) is 0 Å². The molecule has 0 bridgehead atoms. The minimum absolute atomic E-state index is 0.0593. The molecule has 2 atom stereocenters. The Labute approximate surface area is 153 Å². The number of nitrogens with zero attached hydrogens (tertiary/aromatic N) is 1. The molecule has 9 N–H and O–H groups in total. The molecule has 0 saturated carbocycles. The highest BCUT2D eigenvalue weighted by Gasteiger charge is 2.24. The van der Waals surface area contributed by atoms with Crippen molar-refractivity contribution in [3.05, 3.63) is 0 Å². The summed E-state index contributed by atoms with van der Waals surface area (Å²) in [5.41, 5.74) is 10.3. The quantitative estimate of drug-likeness (QED) is 0.0987. The van der Waals surface area contributed by atoms with Crippen LogP contribution in [0.1, 0.15) is 32.1 Å². The van der Waals surface area contributed by atoms with Crippen LogP contribution in [0.15, 0.2) is 4.99 Å². The third kappa shape index (κ3) is 11.7. The molecule has 0 fully saturated rings. The van der Waals surface area contributed by atoms with Crippen molar-refractivity contribution in [1.82, 2.24) is 10.6 Å². The highest BCUT2D eigenvalue weighted by Crippen LogP contribution is 2.01. The molecule has 0 aliphatic rings. The first-order chi connectivity index (χ1) is 12.5. The fourth-order valence-corrected chi connectivity index (χ4v) is 1.90. The first-order valence-corrected chi connectivity index (χ1v) is 7.84. The Bertz CT molecular complexity index is 602. The van der Waals surface area contributed by atoms with Crippen LogP contribution < -0.4 is 22.1 Å². The fraction of sp³-hybridized carbons (Fsp3) is 0.571. The van der Waals surface area contributed by atoms with Gasteiger partial charge in [0.1, 0.15) is 12.1 Å². The summed E-state index contributed by atoms with van der Waals surface area (Å²) in [5.74, 6) is -5.93. The highest BCUT2D eigenvalue weighted by molar-refractivity contribution is 5.89. The molecule has 2 amide bonds. The lowest BCUT2D eigenvalue weighted by atomic mass is 10.1. The van der Waals surface area contributed by atoms with Gasteiger partial charge >= 0.3 is 17.9 Å². The lowest BCUT2D eigenvalue weighted by Gasteiger charge is -2.15. The van der Waals surface area contributed by atoms with Gasteiger partial charge < -0.3 is 37.4 Å². The van der Waals surface area contributed by atoms with E-state index >= 15 is 0 Å². The zero-order valence-electron chi connectivity index (χ0n) is 14.4. The maximum atomic E-state index is 11.8. The van der Waals surface area contributed by atoms with Crippen molar-refractivity contribution in [2.45, 2.75) is 44.2 Å². The van der Waals surface area contributed by atoms with Crippen LogP contribution >= 0.6 is 0 Å². The summed E-state index contributed by atoms with van der Waals surface area (Å²) in [7, 11) is 0. The van der Waals surface area contributed by atoms with E-state index in [4.69, 9.17) is 26.8 Å². The average molecular weight is 389 g/mol. The van der Waals surface area contributed by atoms with Crippen LogP contribution in [0.5, 0.6) is 0 Å². The molecule has 13 heteroatoms. The van der Waals surface area contributed by atoms with Crippen molar-refractivity contribution in [2.75, 3.05) is 6.54 Å². The summed E-state index contributed by atoms with van der Waals surface area (Å²) in [6, 6.07) is -2.83. The Hall–Kier alpha value is -3.38. The van der Waals surface area contributed by atoms with Gasteiger partial charge in [-0.25, -0.2) is 9.59 Å². The fourth-order valence-electron chi connectivity index (χ4n) is 1.90. The minimum atomic E-state index is -1.62. The van der Waals surface area contributed by atoms with Gasteiger partial charge in [-0.2, -0.15) is 0 Å². The van der Waals surface area contributed by atoms with E-state index in [1.54, 1.807) is 0 Å². The third-order valence-corrected chi connectivity index (χ3v) is 3.17. The van der Waals surface area contributed by atoms with E-state index in [2.05, 4.69) is 10.3 Å². The van der Waals surface area contributed by atoms with Crippen LogP contribution in [0.25, 0.3) is 0 Å². The van der Waals surface area contributed by atoms with Crippen LogP contribution in [-0.2, 0) is 24.0 Å². The second-order valence-electron chi connectivity index (χ2n) is 5.46. The van der Waals surface area contributed by atoms with Crippen LogP contribution in [-0.4, -0.2) is 69.6 Å². The van der Waals surface area contributed by atoms with Crippen LogP contribution in [0.2, 0.25) is 0 Å². The van der Waals surface area contributed by atoms with E-state index in [1.807, 2.05) is 5.32 Å². The van der Waals surface area contributed by atoms with Gasteiger partial charge in [-0.1, -0.05) is 0 Å². The summed E-state index contributed by atoms with van der Waals surface area (Å²) in [5, 5.41) is 30.7. The van der Waals surface area contributed by atoms with Gasteiger partial charge in [0.25, 0.3) is 0 Å². The largest absolute Gasteiger partial charge is 0.481 e. The summed E-state index contributed by atoms with van der Waals surface area (Å²) in [6.07, 6.45) is -1.29. The van der Waals surface area contributed by atoms with Crippen molar-refractivity contribution in [2.24, 2.45) is 16.5 Å². The second kappa shape index (κ2) is 12.1. The predicted molar refractivity (Wildman–Crippen MR) is 90.5 cm³/mol. The van der Waals surface area contributed by atoms with Crippen molar-refractivity contribution in [1.29, 1.82) is 0 Å². The maximum absolute atomic E-state index is 11.8. The lowest BCUT2D eigenvalue weighted by Crippen LogP contribution is -2.43. The predicted octanol–water partition coefficient (Wildman–Crippen LogP) is -2.57. The van der Waals surface area contributed by atoms with Crippen molar-refractivity contribution in [3.8, 4) is 0 Å². The lowest BCUT2D eigenvalue weighted by molar-refractivity contribution is -0.147. The molecule has 0 aromatic rings. The first-order valence-electron chi connectivity index (χ1n) is 7.84. The van der Waals surface area contributed by atoms with E-state index in [-0.39, 0.29) is 18.9 Å². The van der Waals surface area contributed by atoms with Crippen LogP contribution in [0.4, 0.5) is 0 Å². The number of carboxylic acids is 3. The van der Waals surface area contributed by atoms with Gasteiger partial charge in [-0.3, -0.25) is 19.4 Å². The zero-order valence-corrected chi connectivity index (χ0v) is 14.4. The number of aliphatic imine (C=N–C) groups is 1. The Balaban J connectivity index is 4.42. The second-order valence-corrected chi connectivity index (χ2v) is 5.46. The number of hydrogen-bond acceptors (Lipinski definition) is 6. The Morgan fingerprint density at radius 3 is 1.74 bits per heavy atom. The number of guanidine groups is 1. The van der Waals surface area contributed by atoms with Gasteiger partial charge in [0.05, 0.1) is 6.42 Å².